The van der Waals surface area contributed by atoms with E-state index in [4.69, 9.17) is 18.9 Å². The number of hydrogen-bond acceptors (Lipinski definition) is 13. The van der Waals surface area contributed by atoms with Gasteiger partial charge in [0.1, 0.15) is 48.8 Å². The number of ether oxygens (including phenoxy) is 4. The van der Waals surface area contributed by atoms with Crippen molar-refractivity contribution in [2.75, 3.05) is 19.8 Å². The lowest BCUT2D eigenvalue weighted by Gasteiger charge is -2.46. The average molecular weight is 1110 g/mol. The van der Waals surface area contributed by atoms with Crippen LogP contribution in [0.4, 0.5) is 0 Å². The van der Waals surface area contributed by atoms with Crippen molar-refractivity contribution in [2.24, 2.45) is 0 Å². The molecule has 2 rings (SSSR count). The number of nitrogens with one attached hydrogen (secondary N) is 1. The van der Waals surface area contributed by atoms with E-state index in [0.29, 0.717) is 6.42 Å². The van der Waals surface area contributed by atoms with E-state index >= 15 is 0 Å². The normalized spacial score (nSPS) is 24.9. The molecule has 14 nitrogen and oxygen atoms in total. The summed E-state index contributed by atoms with van der Waals surface area (Å²) in [5.41, 5.74) is 0. The smallest absolute Gasteiger partial charge is 0.220 e. The summed E-state index contributed by atoms with van der Waals surface area (Å²) >= 11 is 0. The fraction of sp³-hybridized carbons (Fsp3) is 0.828. The van der Waals surface area contributed by atoms with Crippen LogP contribution in [0.3, 0.4) is 0 Å². The molecule has 2 heterocycles. The summed E-state index contributed by atoms with van der Waals surface area (Å²) in [6, 6.07) is -0.909. The van der Waals surface area contributed by atoms with E-state index in [0.717, 1.165) is 70.6 Å². The minimum atomic E-state index is -1.79. The summed E-state index contributed by atoms with van der Waals surface area (Å²) in [7, 11) is 0. The molecule has 78 heavy (non-hydrogen) atoms. The molecule has 0 aromatic heterocycles. The van der Waals surface area contributed by atoms with Crippen LogP contribution in [0, 0.1) is 0 Å². The molecule has 2 saturated heterocycles. The Morgan fingerprint density at radius 2 is 0.885 bits per heavy atom. The number of carbonyl (C=O) groups is 1. The summed E-state index contributed by atoms with van der Waals surface area (Å²) < 4.78 is 22.6. The Morgan fingerprint density at radius 3 is 1.36 bits per heavy atom. The molecule has 2 aliphatic rings. The van der Waals surface area contributed by atoms with Gasteiger partial charge in [0.05, 0.1) is 32.0 Å². The molecule has 1 amide bonds. The number of allylic oxidation sites excluding steroid dienone is 9. The lowest BCUT2D eigenvalue weighted by Crippen LogP contribution is -2.65. The van der Waals surface area contributed by atoms with Gasteiger partial charge in [0.15, 0.2) is 12.6 Å². The predicted molar refractivity (Wildman–Crippen MR) is 314 cm³/mol. The van der Waals surface area contributed by atoms with E-state index in [2.05, 4.69) is 67.8 Å². The molecule has 9 N–H and O–H groups in total. The first-order valence-electron chi connectivity index (χ1n) is 31.5. The summed E-state index contributed by atoms with van der Waals surface area (Å²) in [4.78, 5) is 13.1. The minimum absolute atomic E-state index is 0.244. The van der Waals surface area contributed by atoms with Crippen molar-refractivity contribution in [3.8, 4) is 0 Å². The maximum Gasteiger partial charge on any atom is 0.220 e. The van der Waals surface area contributed by atoms with Gasteiger partial charge in [-0.1, -0.05) is 242 Å². The number of aliphatic hydroxyl groups is 8. The van der Waals surface area contributed by atoms with E-state index < -0.39 is 86.8 Å². The highest BCUT2D eigenvalue weighted by Crippen LogP contribution is 2.30. The Kier molecular flexibility index (Phi) is 45.4. The van der Waals surface area contributed by atoms with Crippen molar-refractivity contribution in [3.63, 3.8) is 0 Å². The molecule has 0 spiro atoms. The highest BCUT2D eigenvalue weighted by Gasteiger charge is 2.51. The molecule has 0 radical (unpaired) electrons. The van der Waals surface area contributed by atoms with Gasteiger partial charge in [0.25, 0.3) is 0 Å². The van der Waals surface area contributed by atoms with E-state index in [1.54, 1.807) is 6.08 Å². The standard InChI is InChI=1S/C64H115NO13/c1-3-5-7-9-10-11-12-13-14-15-16-17-18-19-20-21-22-23-24-25-26-27-28-29-30-31-32-33-34-35-36-37-38-39-40-41-42-44-46-48-56(69)65-52(53(68)47-45-43-8-6-4-2)51-75-63-61(74)59(72)62(55(50-67)77-63)78-64-60(73)58(71)57(70)54(49-66)76-64/h5,7,10-11,13-14,16-17,45,47,52-55,57-64,66-68,70-74H,3-4,6,8-9,12,15,18-44,46,48-51H2,1-2H3,(H,65,69)/b7-5-,11-10-,14-13-,17-16-,47-45+. The largest absolute Gasteiger partial charge is 0.394 e. The summed E-state index contributed by atoms with van der Waals surface area (Å²) in [5, 5.41) is 86.4. The number of rotatable bonds is 50. The van der Waals surface area contributed by atoms with Crippen molar-refractivity contribution in [1.82, 2.24) is 5.32 Å². The van der Waals surface area contributed by atoms with Crippen molar-refractivity contribution in [3.05, 3.63) is 60.8 Å². The van der Waals surface area contributed by atoms with E-state index in [1.807, 2.05) is 6.08 Å². The Balaban J connectivity index is 1.46. The van der Waals surface area contributed by atoms with Crippen molar-refractivity contribution in [2.45, 2.75) is 319 Å². The van der Waals surface area contributed by atoms with Crippen LogP contribution in [0.25, 0.3) is 0 Å². The summed E-state index contributed by atoms with van der Waals surface area (Å²) in [5.74, 6) is -0.244. The first-order valence-corrected chi connectivity index (χ1v) is 31.5. The molecule has 2 fully saturated rings. The number of aliphatic hydroxyl groups excluding tert-OH is 8. The zero-order chi connectivity index (χ0) is 56.7. The molecule has 0 aromatic carbocycles. The summed E-state index contributed by atoms with van der Waals surface area (Å²) in [6.07, 6.45) is 48.1. The van der Waals surface area contributed by atoms with Gasteiger partial charge >= 0.3 is 0 Å². The second-order valence-corrected chi connectivity index (χ2v) is 22.2. The van der Waals surface area contributed by atoms with Crippen LogP contribution in [-0.2, 0) is 23.7 Å². The second kappa shape index (κ2) is 49.3. The Bertz CT molecular complexity index is 1540. The quantitative estimate of drug-likeness (QED) is 0.0204. The van der Waals surface area contributed by atoms with Crippen LogP contribution in [-0.4, -0.2) is 140 Å². The molecular weight excluding hydrogens is 991 g/mol. The van der Waals surface area contributed by atoms with Crippen molar-refractivity contribution < 1.29 is 64.6 Å². The fourth-order valence-corrected chi connectivity index (χ4v) is 10.2. The average Bonchev–Trinajstić information content (AvgIpc) is 3.47. The third-order valence-electron chi connectivity index (χ3n) is 15.2. The topological polar surface area (TPSA) is 228 Å². The number of hydrogen-bond donors (Lipinski definition) is 9. The van der Waals surface area contributed by atoms with Crippen molar-refractivity contribution in [1.29, 1.82) is 0 Å². The van der Waals surface area contributed by atoms with E-state index in [-0.39, 0.29) is 18.9 Å². The minimum Gasteiger partial charge on any atom is -0.394 e. The molecule has 12 atom stereocenters. The monoisotopic (exact) mass is 1110 g/mol. The highest BCUT2D eigenvalue weighted by molar-refractivity contribution is 5.76. The van der Waals surface area contributed by atoms with Gasteiger partial charge in [-0.3, -0.25) is 4.79 Å². The molecule has 0 bridgehead atoms. The number of carbonyl (C=O) groups excluding carboxylic acids is 1. The fourth-order valence-electron chi connectivity index (χ4n) is 10.2. The molecule has 0 saturated carbocycles. The van der Waals surface area contributed by atoms with Gasteiger partial charge in [0.2, 0.25) is 5.91 Å². The van der Waals surface area contributed by atoms with Gasteiger partial charge in [0, 0.05) is 6.42 Å². The lowest BCUT2D eigenvalue weighted by molar-refractivity contribution is -0.359. The number of amides is 1. The second-order valence-electron chi connectivity index (χ2n) is 22.2. The molecule has 454 valence electrons. The van der Waals surface area contributed by atoms with Gasteiger partial charge < -0.3 is 65.1 Å². The van der Waals surface area contributed by atoms with Gasteiger partial charge in [-0.25, -0.2) is 0 Å². The van der Waals surface area contributed by atoms with Crippen LogP contribution < -0.4 is 5.32 Å². The third-order valence-corrected chi connectivity index (χ3v) is 15.2. The lowest BCUT2D eigenvalue weighted by atomic mass is 9.97. The Labute approximate surface area is 473 Å². The predicted octanol–water partition coefficient (Wildman–Crippen LogP) is 11.3. The van der Waals surface area contributed by atoms with Gasteiger partial charge in [-0.2, -0.15) is 0 Å². The number of unbranched alkanes of at least 4 members (excludes halogenated alkanes) is 29. The van der Waals surface area contributed by atoms with Crippen LogP contribution in [0.5, 0.6) is 0 Å². The molecule has 0 aliphatic carbocycles. The van der Waals surface area contributed by atoms with Crippen molar-refractivity contribution >= 4 is 5.91 Å². The van der Waals surface area contributed by atoms with Crippen LogP contribution in [0.15, 0.2) is 60.8 Å². The molecule has 2 aliphatic heterocycles. The third kappa shape index (κ3) is 34.2. The van der Waals surface area contributed by atoms with Crippen LogP contribution in [0.1, 0.15) is 245 Å². The summed E-state index contributed by atoms with van der Waals surface area (Å²) in [6.45, 7) is 2.56. The van der Waals surface area contributed by atoms with E-state index in [9.17, 15) is 45.6 Å². The molecule has 0 aromatic rings. The molecular formula is C64H115NO13. The first-order chi connectivity index (χ1) is 38.1. The molecule has 14 heteroatoms. The Hall–Kier alpha value is -2.31. The highest BCUT2D eigenvalue weighted by atomic mass is 16.7. The SMILES string of the molecule is CC/C=C\C/C=C\C/C=C\C/C=C\CCCCCCCCCCCCCCCCCCCCCCCCCCCCC(=O)NC(COC1OC(CO)C(OC2OC(CO)C(O)C(O)C2O)C(O)C1O)C(O)/C=C/CCCCC. The van der Waals surface area contributed by atoms with Gasteiger partial charge in [-0.05, 0) is 57.8 Å². The zero-order valence-corrected chi connectivity index (χ0v) is 48.9. The first kappa shape index (κ1) is 71.8. The zero-order valence-electron chi connectivity index (χ0n) is 48.9. The molecule has 12 unspecified atom stereocenters. The Morgan fingerprint density at radius 1 is 0.474 bits per heavy atom. The maximum atomic E-state index is 13.1. The van der Waals surface area contributed by atoms with Crippen LogP contribution in [0.2, 0.25) is 0 Å². The van der Waals surface area contributed by atoms with Crippen LogP contribution >= 0.6 is 0 Å². The van der Waals surface area contributed by atoms with Gasteiger partial charge in [-0.15, -0.1) is 0 Å². The maximum absolute atomic E-state index is 13.1. The van der Waals surface area contributed by atoms with E-state index in [1.165, 1.54) is 148 Å².